The number of carbonyl (C=O) groups is 1. The highest BCUT2D eigenvalue weighted by Gasteiger charge is 2.17. The largest absolute Gasteiger partial charge is 0.355 e. The molecule has 0 aromatic rings. The first kappa shape index (κ1) is 12.5. The van der Waals surface area contributed by atoms with Crippen LogP contribution in [0.5, 0.6) is 0 Å². The molecule has 1 heterocycles. The summed E-state index contributed by atoms with van der Waals surface area (Å²) in [7, 11) is 0. The molecule has 3 nitrogen and oxygen atoms in total. The van der Waals surface area contributed by atoms with Crippen molar-refractivity contribution in [2.75, 3.05) is 26.2 Å². The van der Waals surface area contributed by atoms with Crippen molar-refractivity contribution in [1.29, 1.82) is 0 Å². The van der Waals surface area contributed by atoms with Gasteiger partial charge in [0.2, 0.25) is 5.91 Å². The Morgan fingerprint density at radius 1 is 1.53 bits per heavy atom. The average molecular weight is 212 g/mol. The summed E-state index contributed by atoms with van der Waals surface area (Å²) >= 11 is 0. The number of carbonyl (C=O) groups excluding carboxylic acids is 1. The van der Waals surface area contributed by atoms with Crippen LogP contribution in [0.1, 0.15) is 39.5 Å². The van der Waals surface area contributed by atoms with Crippen LogP contribution in [0.2, 0.25) is 0 Å². The van der Waals surface area contributed by atoms with Gasteiger partial charge in [-0.25, -0.2) is 0 Å². The molecule has 3 heteroatoms. The molecule has 1 amide bonds. The minimum atomic E-state index is 0.192. The normalized spacial score (nSPS) is 22.7. The maximum Gasteiger partial charge on any atom is 0.234 e. The Morgan fingerprint density at radius 3 is 3.00 bits per heavy atom. The summed E-state index contributed by atoms with van der Waals surface area (Å²) < 4.78 is 0. The van der Waals surface area contributed by atoms with E-state index in [0.29, 0.717) is 6.54 Å². The average Bonchev–Trinajstić information content (AvgIpc) is 2.18. The minimum absolute atomic E-state index is 0.192. The fourth-order valence-electron chi connectivity index (χ4n) is 2.09. The Balaban J connectivity index is 2.13. The van der Waals surface area contributed by atoms with Crippen molar-refractivity contribution in [3.8, 4) is 0 Å². The molecule has 1 atom stereocenters. The molecule has 1 aliphatic heterocycles. The number of piperidine rings is 1. The zero-order chi connectivity index (χ0) is 11.1. The van der Waals surface area contributed by atoms with Crippen molar-refractivity contribution in [2.24, 2.45) is 5.92 Å². The zero-order valence-electron chi connectivity index (χ0n) is 10.1. The Bertz CT molecular complexity index is 194. The number of amides is 1. The van der Waals surface area contributed by atoms with E-state index in [0.717, 1.165) is 38.4 Å². The van der Waals surface area contributed by atoms with Gasteiger partial charge in [-0.15, -0.1) is 0 Å². The van der Waals surface area contributed by atoms with E-state index < -0.39 is 0 Å². The molecule has 1 rings (SSSR count). The van der Waals surface area contributed by atoms with E-state index in [1.165, 1.54) is 12.8 Å². The highest BCUT2D eigenvalue weighted by molar-refractivity contribution is 5.77. The van der Waals surface area contributed by atoms with Gasteiger partial charge in [-0.2, -0.15) is 0 Å². The maximum absolute atomic E-state index is 11.5. The van der Waals surface area contributed by atoms with E-state index in [1.807, 2.05) is 0 Å². The first-order valence-corrected chi connectivity index (χ1v) is 6.21. The number of rotatable bonds is 5. The monoisotopic (exact) mass is 212 g/mol. The highest BCUT2D eigenvalue weighted by Crippen LogP contribution is 2.14. The van der Waals surface area contributed by atoms with Gasteiger partial charge in [0.1, 0.15) is 0 Å². The van der Waals surface area contributed by atoms with Gasteiger partial charge in [0.25, 0.3) is 0 Å². The number of unbranched alkanes of at least 4 members (excludes halogenated alkanes) is 1. The van der Waals surface area contributed by atoms with Crippen LogP contribution in [0.3, 0.4) is 0 Å². The van der Waals surface area contributed by atoms with Gasteiger partial charge in [-0.1, -0.05) is 20.3 Å². The predicted octanol–water partition coefficient (Wildman–Crippen LogP) is 1.63. The summed E-state index contributed by atoms with van der Waals surface area (Å²) in [5, 5.41) is 2.97. The van der Waals surface area contributed by atoms with Gasteiger partial charge in [0.15, 0.2) is 0 Å². The van der Waals surface area contributed by atoms with Crippen LogP contribution in [-0.4, -0.2) is 37.0 Å². The van der Waals surface area contributed by atoms with E-state index in [2.05, 4.69) is 24.1 Å². The first-order valence-electron chi connectivity index (χ1n) is 6.21. The third kappa shape index (κ3) is 5.17. The van der Waals surface area contributed by atoms with Gasteiger partial charge < -0.3 is 5.32 Å². The summed E-state index contributed by atoms with van der Waals surface area (Å²) in [5.74, 6) is 0.944. The molecule has 1 saturated heterocycles. The molecular formula is C12H24N2O. The van der Waals surface area contributed by atoms with Crippen molar-refractivity contribution >= 4 is 5.91 Å². The number of hydrogen-bond acceptors (Lipinski definition) is 2. The fourth-order valence-corrected chi connectivity index (χ4v) is 2.09. The number of nitrogens with zero attached hydrogens (tertiary/aromatic N) is 1. The molecule has 1 fully saturated rings. The van der Waals surface area contributed by atoms with Gasteiger partial charge >= 0.3 is 0 Å². The zero-order valence-corrected chi connectivity index (χ0v) is 10.1. The Morgan fingerprint density at radius 2 is 2.33 bits per heavy atom. The maximum atomic E-state index is 11.5. The van der Waals surface area contributed by atoms with Crippen molar-refractivity contribution in [2.45, 2.75) is 39.5 Å². The Hall–Kier alpha value is -0.570. The van der Waals surface area contributed by atoms with Crippen LogP contribution in [0.25, 0.3) is 0 Å². The lowest BCUT2D eigenvalue weighted by Crippen LogP contribution is -2.42. The predicted molar refractivity (Wildman–Crippen MR) is 62.8 cm³/mol. The smallest absolute Gasteiger partial charge is 0.234 e. The first-order chi connectivity index (χ1) is 7.22. The van der Waals surface area contributed by atoms with Crippen molar-refractivity contribution in [3.05, 3.63) is 0 Å². The van der Waals surface area contributed by atoms with Gasteiger partial charge in [-0.3, -0.25) is 9.69 Å². The molecule has 0 radical (unpaired) electrons. The van der Waals surface area contributed by atoms with Crippen molar-refractivity contribution < 1.29 is 4.79 Å². The molecule has 0 aliphatic carbocycles. The molecule has 1 aliphatic rings. The van der Waals surface area contributed by atoms with Crippen LogP contribution < -0.4 is 5.32 Å². The molecule has 0 saturated carbocycles. The highest BCUT2D eigenvalue weighted by atomic mass is 16.2. The van der Waals surface area contributed by atoms with Crippen LogP contribution in [0.15, 0.2) is 0 Å². The van der Waals surface area contributed by atoms with Gasteiger partial charge in [-0.05, 0) is 31.7 Å². The van der Waals surface area contributed by atoms with E-state index in [1.54, 1.807) is 0 Å². The second-order valence-corrected chi connectivity index (χ2v) is 4.69. The van der Waals surface area contributed by atoms with Crippen LogP contribution >= 0.6 is 0 Å². The molecule has 0 bridgehead atoms. The number of likely N-dealkylation sites (tertiary alicyclic amines) is 1. The number of hydrogen-bond donors (Lipinski definition) is 1. The summed E-state index contributed by atoms with van der Waals surface area (Å²) in [6, 6.07) is 0. The molecule has 88 valence electrons. The van der Waals surface area contributed by atoms with E-state index in [9.17, 15) is 4.79 Å². The van der Waals surface area contributed by atoms with Crippen molar-refractivity contribution in [3.63, 3.8) is 0 Å². The van der Waals surface area contributed by atoms with Gasteiger partial charge in [0, 0.05) is 13.1 Å². The third-order valence-electron chi connectivity index (χ3n) is 2.96. The molecule has 15 heavy (non-hydrogen) atoms. The lowest BCUT2D eigenvalue weighted by Gasteiger charge is -2.30. The fraction of sp³-hybridized carbons (Fsp3) is 0.917. The summed E-state index contributed by atoms with van der Waals surface area (Å²) in [6.45, 7) is 8.00. The Labute approximate surface area is 93.2 Å². The SMILES string of the molecule is CCCCNC(=O)CN1CCCC(C)C1. The lowest BCUT2D eigenvalue weighted by atomic mass is 10.0. The van der Waals surface area contributed by atoms with Crippen molar-refractivity contribution in [1.82, 2.24) is 10.2 Å². The molecule has 0 aromatic carbocycles. The van der Waals surface area contributed by atoms with E-state index in [-0.39, 0.29) is 5.91 Å². The molecular weight excluding hydrogens is 188 g/mol. The topological polar surface area (TPSA) is 32.3 Å². The summed E-state index contributed by atoms with van der Waals surface area (Å²) in [6.07, 6.45) is 4.78. The Kier molecular flexibility index (Phi) is 5.69. The second-order valence-electron chi connectivity index (χ2n) is 4.69. The van der Waals surface area contributed by atoms with Crippen LogP contribution in [0.4, 0.5) is 0 Å². The quantitative estimate of drug-likeness (QED) is 0.703. The molecule has 1 unspecified atom stereocenters. The van der Waals surface area contributed by atoms with Gasteiger partial charge in [0.05, 0.1) is 6.54 Å². The lowest BCUT2D eigenvalue weighted by molar-refractivity contribution is -0.122. The summed E-state index contributed by atoms with van der Waals surface area (Å²) in [5.41, 5.74) is 0. The summed E-state index contributed by atoms with van der Waals surface area (Å²) in [4.78, 5) is 13.8. The third-order valence-corrected chi connectivity index (χ3v) is 2.96. The van der Waals surface area contributed by atoms with Crippen LogP contribution in [-0.2, 0) is 4.79 Å². The second kappa shape index (κ2) is 6.83. The standard InChI is InChI=1S/C12H24N2O/c1-3-4-7-13-12(15)10-14-8-5-6-11(2)9-14/h11H,3-10H2,1-2H3,(H,13,15). The number of nitrogens with one attached hydrogen (secondary N) is 1. The molecule has 0 aromatic heterocycles. The van der Waals surface area contributed by atoms with E-state index >= 15 is 0 Å². The van der Waals surface area contributed by atoms with Crippen LogP contribution in [0, 0.1) is 5.92 Å². The minimum Gasteiger partial charge on any atom is -0.355 e. The molecule has 1 N–H and O–H groups in total. The molecule has 0 spiro atoms. The van der Waals surface area contributed by atoms with E-state index in [4.69, 9.17) is 0 Å².